The molecule has 0 spiro atoms. The van der Waals surface area contributed by atoms with E-state index < -0.39 is 18.1 Å². The van der Waals surface area contributed by atoms with Gasteiger partial charge in [0.15, 0.2) is 5.82 Å². The van der Waals surface area contributed by atoms with E-state index in [9.17, 15) is 13.2 Å². The minimum absolute atomic E-state index is 0.186. The van der Waals surface area contributed by atoms with Crippen LogP contribution in [0, 0.1) is 0 Å². The van der Waals surface area contributed by atoms with Crippen molar-refractivity contribution < 1.29 is 17.7 Å². The van der Waals surface area contributed by atoms with Crippen molar-refractivity contribution in [1.82, 2.24) is 10.1 Å². The van der Waals surface area contributed by atoms with E-state index in [0.29, 0.717) is 11.5 Å². The third kappa shape index (κ3) is 2.98. The Morgan fingerprint density at radius 1 is 1.10 bits per heavy atom. The Kier molecular flexibility index (Phi) is 3.80. The molecule has 0 amide bonds. The maximum absolute atomic E-state index is 12.4. The Bertz CT molecular complexity index is 575. The van der Waals surface area contributed by atoms with Crippen LogP contribution in [0.5, 0.6) is 0 Å². The fourth-order valence-electron chi connectivity index (χ4n) is 1.71. The molecule has 0 saturated heterocycles. The third-order valence-electron chi connectivity index (χ3n) is 2.92. The molecule has 0 aliphatic carbocycles. The van der Waals surface area contributed by atoms with Gasteiger partial charge in [-0.3, -0.25) is 0 Å². The number of hydrogen-bond acceptors (Lipinski definition) is 4. The van der Waals surface area contributed by atoms with E-state index >= 15 is 0 Å². The molecule has 0 bridgehead atoms. The normalized spacial score (nSPS) is 13.8. The van der Waals surface area contributed by atoms with Crippen molar-refractivity contribution in [2.24, 2.45) is 5.73 Å². The van der Waals surface area contributed by atoms with Crippen molar-refractivity contribution >= 4 is 0 Å². The van der Waals surface area contributed by atoms with E-state index in [1.807, 2.05) is 26.0 Å². The standard InChI is InChI=1S/C13H14F3N3O/c1-7(2)8-3-5-9(6-4-8)10(17)11-18-12(20-19-11)13(14,15)16/h3-7,10H,17H2,1-2H3. The number of nitrogens with zero attached hydrogens (tertiary/aromatic N) is 2. The lowest BCUT2D eigenvalue weighted by molar-refractivity contribution is -0.159. The Morgan fingerprint density at radius 2 is 1.65 bits per heavy atom. The first-order chi connectivity index (χ1) is 9.29. The van der Waals surface area contributed by atoms with Gasteiger partial charge < -0.3 is 10.3 Å². The summed E-state index contributed by atoms with van der Waals surface area (Å²) in [7, 11) is 0. The molecule has 0 fully saturated rings. The van der Waals surface area contributed by atoms with Crippen LogP contribution in [0.15, 0.2) is 28.8 Å². The van der Waals surface area contributed by atoms with Gasteiger partial charge in [-0.05, 0) is 17.0 Å². The first-order valence-corrected chi connectivity index (χ1v) is 6.05. The smallest absolute Gasteiger partial charge is 0.329 e. The molecule has 0 aliphatic heterocycles. The van der Waals surface area contributed by atoms with Crippen molar-refractivity contribution in [3.8, 4) is 0 Å². The maximum Gasteiger partial charge on any atom is 0.471 e. The van der Waals surface area contributed by atoms with Gasteiger partial charge in [0.2, 0.25) is 0 Å². The lowest BCUT2D eigenvalue weighted by Gasteiger charge is -2.10. The van der Waals surface area contributed by atoms with Gasteiger partial charge in [-0.25, -0.2) is 0 Å². The molecule has 1 aromatic heterocycles. The first-order valence-electron chi connectivity index (χ1n) is 6.05. The zero-order valence-electron chi connectivity index (χ0n) is 11.0. The summed E-state index contributed by atoms with van der Waals surface area (Å²) in [5.74, 6) is -1.21. The second-order valence-electron chi connectivity index (χ2n) is 4.75. The van der Waals surface area contributed by atoms with Crippen LogP contribution in [0.1, 0.15) is 48.6 Å². The monoisotopic (exact) mass is 285 g/mol. The lowest BCUT2D eigenvalue weighted by Crippen LogP contribution is -2.14. The molecule has 1 atom stereocenters. The van der Waals surface area contributed by atoms with Crippen molar-refractivity contribution in [2.45, 2.75) is 32.0 Å². The third-order valence-corrected chi connectivity index (χ3v) is 2.92. The zero-order valence-corrected chi connectivity index (χ0v) is 11.0. The van der Waals surface area contributed by atoms with E-state index in [0.717, 1.165) is 5.56 Å². The Labute approximate surface area is 113 Å². The van der Waals surface area contributed by atoms with Crippen LogP contribution in [0.3, 0.4) is 0 Å². The van der Waals surface area contributed by atoms with Crippen LogP contribution in [-0.2, 0) is 6.18 Å². The zero-order chi connectivity index (χ0) is 14.9. The Morgan fingerprint density at radius 3 is 2.10 bits per heavy atom. The minimum Gasteiger partial charge on any atom is -0.329 e. The highest BCUT2D eigenvalue weighted by Crippen LogP contribution is 2.29. The van der Waals surface area contributed by atoms with Gasteiger partial charge in [0.1, 0.15) is 0 Å². The van der Waals surface area contributed by atoms with Gasteiger partial charge in [-0.2, -0.15) is 18.2 Å². The van der Waals surface area contributed by atoms with Crippen molar-refractivity contribution in [3.05, 3.63) is 47.1 Å². The molecule has 0 aliphatic rings. The van der Waals surface area contributed by atoms with Crippen molar-refractivity contribution in [3.63, 3.8) is 0 Å². The molecule has 7 heteroatoms. The molecule has 2 rings (SSSR count). The summed E-state index contributed by atoms with van der Waals surface area (Å²) in [6.45, 7) is 4.09. The maximum atomic E-state index is 12.4. The van der Waals surface area contributed by atoms with E-state index in [2.05, 4.69) is 14.7 Å². The predicted octanol–water partition coefficient (Wildman–Crippen LogP) is 3.26. The summed E-state index contributed by atoms with van der Waals surface area (Å²) in [5, 5.41) is 3.29. The number of hydrogen-bond donors (Lipinski definition) is 1. The van der Waals surface area contributed by atoms with Gasteiger partial charge in [0.05, 0.1) is 6.04 Å². The highest BCUT2D eigenvalue weighted by Gasteiger charge is 2.39. The first kappa shape index (κ1) is 14.5. The number of halogens is 3. The number of alkyl halides is 3. The number of aromatic nitrogens is 2. The molecule has 20 heavy (non-hydrogen) atoms. The van der Waals surface area contributed by atoms with Crippen LogP contribution in [0.4, 0.5) is 13.2 Å². The summed E-state index contributed by atoms with van der Waals surface area (Å²) in [6.07, 6.45) is -4.66. The average molecular weight is 285 g/mol. The summed E-state index contributed by atoms with van der Waals surface area (Å²) in [5.41, 5.74) is 7.59. The molecule has 2 N–H and O–H groups in total. The molecule has 4 nitrogen and oxygen atoms in total. The van der Waals surface area contributed by atoms with Crippen LogP contribution in [0.2, 0.25) is 0 Å². The Hall–Kier alpha value is -1.89. The van der Waals surface area contributed by atoms with Crippen LogP contribution in [0.25, 0.3) is 0 Å². The van der Waals surface area contributed by atoms with E-state index in [4.69, 9.17) is 5.73 Å². The fraction of sp³-hybridized carbons (Fsp3) is 0.385. The molecular weight excluding hydrogens is 271 g/mol. The summed E-state index contributed by atoms with van der Waals surface area (Å²) in [6, 6.07) is 6.42. The molecule has 1 aromatic carbocycles. The summed E-state index contributed by atoms with van der Waals surface area (Å²) in [4.78, 5) is 3.29. The second kappa shape index (κ2) is 5.24. The van der Waals surface area contributed by atoms with Crippen molar-refractivity contribution in [2.75, 3.05) is 0 Å². The van der Waals surface area contributed by atoms with Crippen LogP contribution >= 0.6 is 0 Å². The van der Waals surface area contributed by atoms with Crippen molar-refractivity contribution in [1.29, 1.82) is 0 Å². The molecule has 0 saturated carbocycles. The summed E-state index contributed by atoms with van der Waals surface area (Å²) < 4.78 is 41.3. The van der Waals surface area contributed by atoms with E-state index in [1.54, 1.807) is 12.1 Å². The van der Waals surface area contributed by atoms with Gasteiger partial charge in [0, 0.05) is 0 Å². The second-order valence-corrected chi connectivity index (χ2v) is 4.75. The largest absolute Gasteiger partial charge is 0.471 e. The highest BCUT2D eigenvalue weighted by atomic mass is 19.4. The Balaban J connectivity index is 2.22. The van der Waals surface area contributed by atoms with Gasteiger partial charge in [0.25, 0.3) is 0 Å². The quantitative estimate of drug-likeness (QED) is 0.940. The SMILES string of the molecule is CC(C)c1ccc(C(N)c2noc(C(F)(F)F)n2)cc1. The molecule has 2 aromatic rings. The number of nitrogens with two attached hydrogens (primary N) is 1. The van der Waals surface area contributed by atoms with Gasteiger partial charge in [-0.15, -0.1) is 0 Å². The van der Waals surface area contributed by atoms with Gasteiger partial charge in [-0.1, -0.05) is 43.3 Å². The molecule has 0 radical (unpaired) electrons. The van der Waals surface area contributed by atoms with E-state index in [1.165, 1.54) is 0 Å². The van der Waals surface area contributed by atoms with E-state index in [-0.39, 0.29) is 5.82 Å². The number of benzene rings is 1. The minimum atomic E-state index is -4.66. The van der Waals surface area contributed by atoms with Gasteiger partial charge >= 0.3 is 12.1 Å². The fourth-order valence-corrected chi connectivity index (χ4v) is 1.71. The predicted molar refractivity (Wildman–Crippen MR) is 65.9 cm³/mol. The van der Waals surface area contributed by atoms with Crippen LogP contribution < -0.4 is 5.73 Å². The molecular formula is C13H14F3N3O. The molecule has 108 valence electrons. The molecule has 1 heterocycles. The topological polar surface area (TPSA) is 64.9 Å². The van der Waals surface area contributed by atoms with Crippen LogP contribution in [-0.4, -0.2) is 10.1 Å². The average Bonchev–Trinajstić information content (AvgIpc) is 2.87. The lowest BCUT2D eigenvalue weighted by atomic mass is 9.99. The number of rotatable bonds is 3. The highest BCUT2D eigenvalue weighted by molar-refractivity contribution is 5.29. The molecule has 1 unspecified atom stereocenters. The summed E-state index contributed by atoms with van der Waals surface area (Å²) >= 11 is 0.